The first-order valence-electron chi connectivity index (χ1n) is 11.2. The number of benzene rings is 1. The van der Waals surface area contributed by atoms with Gasteiger partial charge in [0.05, 0.1) is 11.1 Å². The summed E-state index contributed by atoms with van der Waals surface area (Å²) in [5, 5.41) is 12.7. The minimum atomic E-state index is -1.18. The van der Waals surface area contributed by atoms with Crippen molar-refractivity contribution in [2.45, 2.75) is 43.7 Å². The van der Waals surface area contributed by atoms with Crippen molar-refractivity contribution in [1.82, 2.24) is 14.8 Å². The number of likely N-dealkylation sites (tertiary alicyclic amines) is 1. The fourth-order valence-corrected chi connectivity index (χ4v) is 5.84. The summed E-state index contributed by atoms with van der Waals surface area (Å²) >= 11 is 3.34. The van der Waals surface area contributed by atoms with Gasteiger partial charge in [-0.1, -0.05) is 18.2 Å². The number of hydrogen-bond donors (Lipinski definition) is 2. The van der Waals surface area contributed by atoms with Crippen LogP contribution in [0, 0.1) is 5.41 Å². The fraction of sp³-hybridized carbons (Fsp3) is 0.375. The van der Waals surface area contributed by atoms with Gasteiger partial charge in [0.2, 0.25) is 5.91 Å². The van der Waals surface area contributed by atoms with Crippen LogP contribution >= 0.6 is 15.9 Å². The number of aromatic nitrogens is 1. The standard InChI is InChI=1S/C24H21BrN4O5/c25-18-8-7-13(12-5-6-12)19(26-18)27-20(30)16-9-24(10-17(24)29(16)23(33)34)11-28-21(31)14-3-1-2-4-15(14)22(28)32/h1-4,7-8,12,16-17H,5-6,9-11H2,(H,33,34)(H,26,27,30). The van der Waals surface area contributed by atoms with Gasteiger partial charge in [0.25, 0.3) is 11.8 Å². The molecule has 0 bridgehead atoms. The zero-order valence-electron chi connectivity index (χ0n) is 18.0. The lowest BCUT2D eigenvalue weighted by atomic mass is 9.98. The fourth-order valence-electron chi connectivity index (χ4n) is 5.53. The Balaban J connectivity index is 1.23. The largest absolute Gasteiger partial charge is 0.465 e. The van der Waals surface area contributed by atoms with E-state index in [2.05, 4.69) is 26.2 Å². The molecule has 3 fully saturated rings. The molecule has 4 aliphatic rings. The summed E-state index contributed by atoms with van der Waals surface area (Å²) in [5.74, 6) is -0.389. The Labute approximate surface area is 203 Å². The molecular formula is C24H21BrN4O5. The van der Waals surface area contributed by atoms with Gasteiger partial charge < -0.3 is 10.4 Å². The number of pyridine rings is 1. The highest BCUT2D eigenvalue weighted by atomic mass is 79.9. The topological polar surface area (TPSA) is 120 Å². The van der Waals surface area contributed by atoms with E-state index in [0.717, 1.165) is 18.4 Å². The van der Waals surface area contributed by atoms with E-state index in [-0.39, 0.29) is 24.8 Å². The van der Waals surface area contributed by atoms with Crippen LogP contribution in [0.1, 0.15) is 57.9 Å². The molecule has 3 heterocycles. The van der Waals surface area contributed by atoms with E-state index in [1.807, 2.05) is 12.1 Å². The third-order valence-corrected chi connectivity index (χ3v) is 7.89. The minimum Gasteiger partial charge on any atom is -0.465 e. The van der Waals surface area contributed by atoms with Gasteiger partial charge in [0.15, 0.2) is 0 Å². The summed E-state index contributed by atoms with van der Waals surface area (Å²) in [5.41, 5.74) is 1.05. The molecule has 2 aliphatic carbocycles. The molecular weight excluding hydrogens is 504 g/mol. The molecule has 3 atom stereocenters. The van der Waals surface area contributed by atoms with Crippen LogP contribution in [-0.2, 0) is 4.79 Å². The van der Waals surface area contributed by atoms with Crippen molar-refractivity contribution >= 4 is 45.6 Å². The summed E-state index contributed by atoms with van der Waals surface area (Å²) in [6, 6.07) is 9.08. The molecule has 2 aliphatic heterocycles. The number of nitrogens with zero attached hydrogens (tertiary/aromatic N) is 3. The van der Waals surface area contributed by atoms with E-state index in [0.29, 0.717) is 33.9 Å². The summed E-state index contributed by atoms with van der Waals surface area (Å²) in [6.07, 6.45) is 1.64. The monoisotopic (exact) mass is 524 g/mol. The van der Waals surface area contributed by atoms with E-state index in [4.69, 9.17) is 0 Å². The van der Waals surface area contributed by atoms with E-state index >= 15 is 0 Å². The number of carbonyl (C=O) groups is 4. The Morgan fingerprint density at radius 1 is 1.09 bits per heavy atom. The average Bonchev–Trinajstić information content (AvgIpc) is 3.72. The number of carbonyl (C=O) groups excluding carboxylic acids is 3. The van der Waals surface area contributed by atoms with Crippen LogP contribution < -0.4 is 5.32 Å². The Hall–Kier alpha value is -3.27. The molecule has 9 nitrogen and oxygen atoms in total. The van der Waals surface area contributed by atoms with E-state index in [9.17, 15) is 24.3 Å². The smallest absolute Gasteiger partial charge is 0.408 e. The second-order valence-electron chi connectivity index (χ2n) is 9.57. The summed E-state index contributed by atoms with van der Waals surface area (Å²) in [4.78, 5) is 57.9. The van der Waals surface area contributed by atoms with Crippen molar-refractivity contribution in [2.75, 3.05) is 11.9 Å². The number of hydrogen-bond acceptors (Lipinski definition) is 5. The van der Waals surface area contributed by atoms with Crippen LogP contribution in [0.5, 0.6) is 0 Å². The molecule has 0 radical (unpaired) electrons. The van der Waals surface area contributed by atoms with Gasteiger partial charge in [-0.3, -0.25) is 24.2 Å². The first-order valence-corrected chi connectivity index (χ1v) is 12.0. The highest BCUT2D eigenvalue weighted by Gasteiger charge is 2.68. The molecule has 0 spiro atoms. The predicted octanol–water partition coefficient (Wildman–Crippen LogP) is 3.47. The molecule has 1 aromatic carbocycles. The summed E-state index contributed by atoms with van der Waals surface area (Å²) in [6.45, 7) is 0.0973. The normalized spacial score (nSPS) is 27.0. The molecule has 2 saturated carbocycles. The highest BCUT2D eigenvalue weighted by molar-refractivity contribution is 9.10. The number of rotatable bonds is 5. The quantitative estimate of drug-likeness (QED) is 0.456. The number of nitrogens with one attached hydrogen (secondary N) is 1. The van der Waals surface area contributed by atoms with E-state index < -0.39 is 29.5 Å². The Morgan fingerprint density at radius 2 is 1.76 bits per heavy atom. The molecule has 10 heteroatoms. The molecule has 174 valence electrons. The van der Waals surface area contributed by atoms with Crippen LogP contribution in [-0.4, -0.2) is 62.3 Å². The molecule has 6 rings (SSSR count). The molecule has 3 unspecified atom stereocenters. The van der Waals surface area contributed by atoms with Crippen molar-refractivity contribution in [1.29, 1.82) is 0 Å². The number of carboxylic acid groups (broad SMARTS) is 1. The van der Waals surface area contributed by atoms with Gasteiger partial charge in [-0.2, -0.15) is 0 Å². The molecule has 4 amide bonds. The molecule has 2 aromatic rings. The van der Waals surface area contributed by atoms with Crippen molar-refractivity contribution in [3.05, 3.63) is 57.7 Å². The lowest BCUT2D eigenvalue weighted by Gasteiger charge is -2.24. The third kappa shape index (κ3) is 3.23. The van der Waals surface area contributed by atoms with Crippen molar-refractivity contribution in [3.63, 3.8) is 0 Å². The average molecular weight is 525 g/mol. The maximum absolute atomic E-state index is 13.3. The number of piperidine rings is 1. The van der Waals surface area contributed by atoms with Gasteiger partial charge in [-0.05, 0) is 71.3 Å². The number of halogens is 1. The van der Waals surface area contributed by atoms with Crippen LogP contribution in [0.4, 0.5) is 10.6 Å². The second kappa shape index (κ2) is 7.36. The lowest BCUT2D eigenvalue weighted by molar-refractivity contribution is -0.120. The van der Waals surface area contributed by atoms with Crippen LogP contribution in [0.3, 0.4) is 0 Å². The maximum atomic E-state index is 13.3. The van der Waals surface area contributed by atoms with Crippen LogP contribution in [0.2, 0.25) is 0 Å². The van der Waals surface area contributed by atoms with Crippen molar-refractivity contribution in [2.24, 2.45) is 5.41 Å². The molecule has 34 heavy (non-hydrogen) atoms. The molecule has 2 N–H and O–H groups in total. The van der Waals surface area contributed by atoms with E-state index in [1.54, 1.807) is 24.3 Å². The number of anilines is 1. The van der Waals surface area contributed by atoms with Gasteiger partial charge >= 0.3 is 6.09 Å². The number of imide groups is 1. The van der Waals surface area contributed by atoms with Gasteiger partial charge in [0, 0.05) is 18.0 Å². The first-order chi connectivity index (χ1) is 16.3. The number of fused-ring (bicyclic) bond motifs is 2. The summed E-state index contributed by atoms with van der Waals surface area (Å²) in [7, 11) is 0. The third-order valence-electron chi connectivity index (χ3n) is 7.44. The second-order valence-corrected chi connectivity index (χ2v) is 10.4. The van der Waals surface area contributed by atoms with Crippen molar-refractivity contribution < 1.29 is 24.3 Å². The van der Waals surface area contributed by atoms with Crippen LogP contribution in [0.15, 0.2) is 41.0 Å². The van der Waals surface area contributed by atoms with Crippen LogP contribution in [0.25, 0.3) is 0 Å². The lowest BCUT2D eigenvalue weighted by Crippen LogP contribution is -2.45. The molecule has 1 aromatic heterocycles. The Bertz CT molecular complexity index is 1240. The molecule has 1 saturated heterocycles. The SMILES string of the molecule is O=C(Nc1nc(Br)ccc1C1CC1)C1CC2(CN3C(=O)c4ccccc4C3=O)CC2N1C(=O)O. The minimum absolute atomic E-state index is 0.0973. The predicted molar refractivity (Wildman–Crippen MR) is 123 cm³/mol. The van der Waals surface area contributed by atoms with Crippen molar-refractivity contribution in [3.8, 4) is 0 Å². The zero-order chi connectivity index (χ0) is 23.8. The first kappa shape index (κ1) is 21.3. The Kier molecular flexibility index (Phi) is 4.61. The highest BCUT2D eigenvalue weighted by Crippen LogP contribution is 2.60. The van der Waals surface area contributed by atoms with Gasteiger partial charge in [-0.25, -0.2) is 9.78 Å². The maximum Gasteiger partial charge on any atom is 0.408 e. The van der Waals surface area contributed by atoms with Gasteiger partial charge in [-0.15, -0.1) is 0 Å². The zero-order valence-corrected chi connectivity index (χ0v) is 19.6. The Morgan fingerprint density at radius 3 is 2.38 bits per heavy atom. The van der Waals surface area contributed by atoms with E-state index in [1.165, 1.54) is 9.80 Å². The number of amides is 4. The van der Waals surface area contributed by atoms with Gasteiger partial charge in [0.1, 0.15) is 16.5 Å². The summed E-state index contributed by atoms with van der Waals surface area (Å²) < 4.78 is 0.582.